The van der Waals surface area contributed by atoms with Crippen molar-refractivity contribution in [2.24, 2.45) is 0 Å². The number of ether oxygens (including phenoxy) is 2. The molecule has 0 aliphatic rings. The van der Waals surface area contributed by atoms with Crippen LogP contribution in [0.2, 0.25) is 0 Å². The van der Waals surface area contributed by atoms with Crippen LogP contribution >= 0.6 is 0 Å². The molecule has 2 aromatic rings. The highest BCUT2D eigenvalue weighted by molar-refractivity contribution is 5.76. The minimum atomic E-state index is -0.0183. The number of amides is 1. The van der Waals surface area contributed by atoms with Crippen molar-refractivity contribution in [2.75, 3.05) is 14.2 Å². The molecule has 1 aromatic carbocycles. The Morgan fingerprint density at radius 3 is 2.71 bits per heavy atom. The molecule has 0 bridgehead atoms. The number of hydrogen-bond donors (Lipinski definition) is 1. The number of carbonyl (C=O) groups excluding carboxylic acids is 1. The molecule has 0 saturated heterocycles. The van der Waals surface area contributed by atoms with Crippen LogP contribution in [0, 0.1) is 0 Å². The van der Waals surface area contributed by atoms with Crippen LogP contribution in [0.3, 0.4) is 0 Å². The molecule has 0 unspecified atom stereocenters. The lowest BCUT2D eigenvalue weighted by Crippen LogP contribution is -2.32. The first-order valence-corrected chi connectivity index (χ1v) is 7.91. The van der Waals surface area contributed by atoms with Crippen molar-refractivity contribution in [3.63, 3.8) is 0 Å². The lowest BCUT2D eigenvalue weighted by Gasteiger charge is -2.10. The molecule has 0 aliphatic carbocycles. The first-order valence-electron chi connectivity index (χ1n) is 7.91. The van der Waals surface area contributed by atoms with Crippen molar-refractivity contribution in [3.05, 3.63) is 24.1 Å². The summed E-state index contributed by atoms with van der Waals surface area (Å²) in [6, 6.07) is 5.56. The summed E-state index contributed by atoms with van der Waals surface area (Å²) in [5, 5.41) is 6.87. The molecule has 1 atom stereocenters. The van der Waals surface area contributed by atoms with Crippen molar-refractivity contribution in [3.8, 4) is 22.9 Å². The van der Waals surface area contributed by atoms with Crippen molar-refractivity contribution >= 4 is 5.91 Å². The number of aromatic nitrogens is 2. The van der Waals surface area contributed by atoms with Gasteiger partial charge in [0.05, 0.1) is 14.2 Å². The summed E-state index contributed by atoms with van der Waals surface area (Å²) in [5.74, 6) is 2.09. The van der Waals surface area contributed by atoms with E-state index in [0.717, 1.165) is 12.0 Å². The number of hydrogen-bond acceptors (Lipinski definition) is 6. The predicted octanol–water partition coefficient (Wildman–Crippen LogP) is 2.60. The second-order valence-electron chi connectivity index (χ2n) is 5.46. The first-order chi connectivity index (χ1) is 11.6. The molecule has 1 amide bonds. The molecule has 130 valence electrons. The lowest BCUT2D eigenvalue weighted by molar-refractivity contribution is -0.121. The average molecular weight is 333 g/mol. The molecule has 1 heterocycles. The van der Waals surface area contributed by atoms with E-state index in [1.807, 2.05) is 19.9 Å². The highest BCUT2D eigenvalue weighted by Crippen LogP contribution is 2.31. The number of carbonyl (C=O) groups is 1. The lowest BCUT2D eigenvalue weighted by atomic mass is 10.2. The van der Waals surface area contributed by atoms with Crippen molar-refractivity contribution in [1.82, 2.24) is 15.5 Å². The molecular formula is C17H23N3O4. The van der Waals surface area contributed by atoms with Crippen LogP contribution in [0.4, 0.5) is 0 Å². The Hall–Kier alpha value is -2.57. The fourth-order valence-electron chi connectivity index (χ4n) is 2.12. The van der Waals surface area contributed by atoms with Crippen LogP contribution < -0.4 is 14.8 Å². The van der Waals surface area contributed by atoms with Gasteiger partial charge in [-0.15, -0.1) is 0 Å². The Kier molecular flexibility index (Phi) is 6.17. The highest BCUT2D eigenvalue weighted by atomic mass is 16.5. The van der Waals surface area contributed by atoms with Gasteiger partial charge in [-0.1, -0.05) is 12.1 Å². The topological polar surface area (TPSA) is 86.5 Å². The van der Waals surface area contributed by atoms with Crippen LogP contribution in [0.1, 0.15) is 32.6 Å². The zero-order chi connectivity index (χ0) is 17.5. The zero-order valence-electron chi connectivity index (χ0n) is 14.5. The summed E-state index contributed by atoms with van der Waals surface area (Å²) in [7, 11) is 3.15. The summed E-state index contributed by atoms with van der Waals surface area (Å²) in [6.45, 7) is 4.00. The van der Waals surface area contributed by atoms with E-state index in [9.17, 15) is 4.79 Å². The van der Waals surface area contributed by atoms with E-state index in [1.165, 1.54) is 0 Å². The quantitative estimate of drug-likeness (QED) is 0.799. The van der Waals surface area contributed by atoms with Gasteiger partial charge in [-0.25, -0.2) is 0 Å². The molecule has 0 aliphatic heterocycles. The third kappa shape index (κ3) is 4.47. The minimum absolute atomic E-state index is 0.0183. The van der Waals surface area contributed by atoms with Gasteiger partial charge in [-0.05, 0) is 31.5 Å². The maximum atomic E-state index is 11.8. The molecule has 0 radical (unpaired) electrons. The number of benzene rings is 1. The molecular weight excluding hydrogens is 310 g/mol. The first kappa shape index (κ1) is 17.8. The Morgan fingerprint density at radius 2 is 2.04 bits per heavy atom. The Balaban J connectivity index is 2.01. The molecule has 7 nitrogen and oxygen atoms in total. The number of methoxy groups -OCH3 is 2. The van der Waals surface area contributed by atoms with Gasteiger partial charge in [0, 0.05) is 24.4 Å². The maximum absolute atomic E-state index is 11.8. The largest absolute Gasteiger partial charge is 0.493 e. The van der Waals surface area contributed by atoms with Crippen LogP contribution in [-0.4, -0.2) is 36.3 Å². The van der Waals surface area contributed by atoms with E-state index in [0.29, 0.717) is 36.1 Å². The van der Waals surface area contributed by atoms with E-state index >= 15 is 0 Å². The number of rotatable bonds is 8. The van der Waals surface area contributed by atoms with E-state index in [2.05, 4.69) is 15.5 Å². The zero-order valence-corrected chi connectivity index (χ0v) is 14.5. The molecule has 24 heavy (non-hydrogen) atoms. The molecule has 0 saturated carbocycles. The number of aryl methyl sites for hydroxylation is 1. The van der Waals surface area contributed by atoms with Crippen LogP contribution in [0.5, 0.6) is 11.5 Å². The average Bonchev–Trinajstić information content (AvgIpc) is 3.08. The fraction of sp³-hybridized carbons (Fsp3) is 0.471. The van der Waals surface area contributed by atoms with E-state index in [-0.39, 0.29) is 11.9 Å². The molecule has 1 aromatic heterocycles. The number of nitrogens with zero attached hydrogens (tertiary/aromatic N) is 2. The Morgan fingerprint density at radius 1 is 1.29 bits per heavy atom. The van der Waals surface area contributed by atoms with Crippen LogP contribution in [0.15, 0.2) is 22.7 Å². The van der Waals surface area contributed by atoms with Crippen molar-refractivity contribution in [1.29, 1.82) is 0 Å². The van der Waals surface area contributed by atoms with Gasteiger partial charge in [0.15, 0.2) is 11.5 Å². The van der Waals surface area contributed by atoms with Crippen LogP contribution in [-0.2, 0) is 11.2 Å². The monoisotopic (exact) mass is 333 g/mol. The standard InChI is InChI=1S/C17H23N3O4/c1-5-11(2)18-15(21)8-9-16-19-17(20-24-16)12-6-7-13(22-3)14(10-12)23-4/h6-7,10-11H,5,8-9H2,1-4H3,(H,18,21)/t11-/m1/s1. The second kappa shape index (κ2) is 8.33. The third-order valence-electron chi connectivity index (χ3n) is 3.70. The van der Waals surface area contributed by atoms with Crippen molar-refractivity contribution in [2.45, 2.75) is 39.2 Å². The second-order valence-corrected chi connectivity index (χ2v) is 5.46. The van der Waals surface area contributed by atoms with Gasteiger partial charge in [-0.2, -0.15) is 4.98 Å². The van der Waals surface area contributed by atoms with Gasteiger partial charge in [0.2, 0.25) is 17.6 Å². The SMILES string of the molecule is CC[C@@H](C)NC(=O)CCc1nc(-c2ccc(OC)c(OC)c2)no1. The third-order valence-corrected chi connectivity index (χ3v) is 3.70. The van der Waals surface area contributed by atoms with Crippen molar-refractivity contribution < 1.29 is 18.8 Å². The van der Waals surface area contributed by atoms with Gasteiger partial charge < -0.3 is 19.3 Å². The summed E-state index contributed by atoms with van der Waals surface area (Å²) in [5.41, 5.74) is 0.756. The molecule has 0 fully saturated rings. The van der Waals surface area contributed by atoms with Gasteiger partial charge in [0.1, 0.15) is 0 Å². The van der Waals surface area contributed by atoms with Gasteiger partial charge in [0.25, 0.3) is 0 Å². The summed E-state index contributed by atoms with van der Waals surface area (Å²) >= 11 is 0. The summed E-state index contributed by atoms with van der Waals surface area (Å²) < 4.78 is 15.7. The van der Waals surface area contributed by atoms with E-state index in [1.54, 1.807) is 26.4 Å². The smallest absolute Gasteiger partial charge is 0.227 e. The molecule has 7 heteroatoms. The summed E-state index contributed by atoms with van der Waals surface area (Å²) in [4.78, 5) is 16.1. The fourth-order valence-corrected chi connectivity index (χ4v) is 2.12. The van der Waals surface area contributed by atoms with Gasteiger partial charge in [-0.3, -0.25) is 4.79 Å². The Labute approximate surface area is 141 Å². The molecule has 1 N–H and O–H groups in total. The van der Waals surface area contributed by atoms with E-state index in [4.69, 9.17) is 14.0 Å². The minimum Gasteiger partial charge on any atom is -0.493 e. The molecule has 2 rings (SSSR count). The normalized spacial score (nSPS) is 11.8. The van der Waals surface area contributed by atoms with Crippen LogP contribution in [0.25, 0.3) is 11.4 Å². The summed E-state index contributed by atoms with van der Waals surface area (Å²) in [6.07, 6.45) is 1.62. The maximum Gasteiger partial charge on any atom is 0.227 e. The Bertz CT molecular complexity index is 684. The number of nitrogens with one attached hydrogen (secondary N) is 1. The molecule has 0 spiro atoms. The highest BCUT2D eigenvalue weighted by Gasteiger charge is 2.13. The van der Waals surface area contributed by atoms with Gasteiger partial charge >= 0.3 is 0 Å². The predicted molar refractivity (Wildman–Crippen MR) is 89.1 cm³/mol. The van der Waals surface area contributed by atoms with E-state index < -0.39 is 0 Å².